The van der Waals surface area contributed by atoms with Crippen molar-refractivity contribution < 1.29 is 0 Å². The predicted molar refractivity (Wildman–Crippen MR) is 527 cm³/mol. The molecule has 0 saturated heterocycles. The molecule has 0 aromatic heterocycles. The van der Waals surface area contributed by atoms with Crippen LogP contribution in [0, 0.1) is 0 Å². The molecule has 0 amide bonds. The Labute approximate surface area is 731 Å². The summed E-state index contributed by atoms with van der Waals surface area (Å²) in [7, 11) is 0. The molecule has 584 valence electrons. The number of anilines is 9. The van der Waals surface area contributed by atoms with Crippen molar-refractivity contribution in [1.29, 1.82) is 0 Å². The van der Waals surface area contributed by atoms with Crippen LogP contribution in [0.25, 0.3) is 122 Å². The maximum atomic E-state index is 2.71. The minimum Gasteiger partial charge on any atom is -0.310 e. The molecule has 0 saturated carbocycles. The molecule has 0 N–H and O–H groups in total. The molecule has 0 fully saturated rings. The molecule has 3 aliphatic heterocycles. The maximum absolute atomic E-state index is 2.71. The molecule has 4 heteroatoms. The zero-order valence-corrected chi connectivity index (χ0v) is 68.8. The molecule has 20 aromatic carbocycles. The number of benzene rings is 20. The summed E-state index contributed by atoms with van der Waals surface area (Å²) in [5, 5.41) is 0. The Morgan fingerprint density at radius 1 is 0.160 bits per heavy atom. The van der Waals surface area contributed by atoms with Gasteiger partial charge in [0, 0.05) is 50.7 Å². The minimum atomic E-state index is -0.820. The van der Waals surface area contributed by atoms with Crippen molar-refractivity contribution in [3.05, 3.63) is 520 Å². The van der Waals surface area contributed by atoms with E-state index in [0.717, 1.165) is 174 Å². The van der Waals surface area contributed by atoms with Crippen LogP contribution in [0.3, 0.4) is 0 Å². The van der Waals surface area contributed by atoms with E-state index in [0.29, 0.717) is 0 Å². The van der Waals surface area contributed by atoms with Gasteiger partial charge in [0.05, 0.1) is 28.2 Å². The first-order valence-electron chi connectivity index (χ1n) is 43.3. The molecule has 0 unspecified atom stereocenters. The summed E-state index contributed by atoms with van der Waals surface area (Å²) in [6, 6.07) is 187. The first kappa shape index (κ1) is 74.0. The maximum Gasteiger partial charge on any atom is 0.252 e. The van der Waals surface area contributed by atoms with Crippen molar-refractivity contribution in [2.45, 2.75) is 5.41 Å². The highest BCUT2D eigenvalue weighted by molar-refractivity contribution is 7.00. The number of hydrogen-bond donors (Lipinski definition) is 0. The zero-order chi connectivity index (χ0) is 82.7. The van der Waals surface area contributed by atoms with E-state index in [1.807, 2.05) is 0 Å². The van der Waals surface area contributed by atoms with E-state index < -0.39 is 5.41 Å². The second kappa shape index (κ2) is 31.5. The number of hydrogen-bond acceptors (Lipinski definition) is 3. The van der Waals surface area contributed by atoms with E-state index in [4.69, 9.17) is 0 Å². The van der Waals surface area contributed by atoms with Crippen LogP contribution in [-0.2, 0) is 5.41 Å². The van der Waals surface area contributed by atoms with Crippen LogP contribution < -0.4 is 31.1 Å². The van der Waals surface area contributed by atoms with Gasteiger partial charge in [-0.3, -0.25) is 0 Å². The standard InChI is InChI=1S/C121H82BN3/c1-10-36-83(37-11-1)89-48-30-52-96(74-89)104-62-34-63-105(97-53-31-49-90(75-97)84-38-12-2-13-39-84)119(104)124-114-72-69-94(87-44-18-5-19-45-87)79-110(114)122-111-80-95(88-46-20-6-21-47-88)70-73-115(111)125(120-106(98-54-32-50-91(76-98)85-40-14-3-15-41-85)64-35-65-107(120)99-55-33-51-92(77-99)86-42-16-4-17-43-86)117-82-100(81-116(124)118(117)122)93-68-71-113-109(78-93)121(101-56-22-7-23-57-101,102-58-24-8-25-59-102)108-66-28-29-67-112(108)123(113)103-60-26-9-27-61-103/h1-82H. The summed E-state index contributed by atoms with van der Waals surface area (Å²) in [4.78, 5) is 7.93. The lowest BCUT2D eigenvalue weighted by atomic mass is 9.33. The Bertz CT molecular complexity index is 6880. The van der Waals surface area contributed by atoms with Crippen LogP contribution in [0.1, 0.15) is 22.3 Å². The fourth-order valence-corrected chi connectivity index (χ4v) is 20.3. The average molecular weight is 1590 g/mol. The molecule has 3 aliphatic rings. The number of rotatable bonds is 16. The number of nitrogens with zero attached hydrogens (tertiary/aromatic N) is 3. The third kappa shape index (κ3) is 12.9. The van der Waals surface area contributed by atoms with Crippen LogP contribution in [0.15, 0.2) is 497 Å². The van der Waals surface area contributed by atoms with Gasteiger partial charge in [-0.1, -0.05) is 419 Å². The predicted octanol–water partition coefficient (Wildman–Crippen LogP) is 30.3. The lowest BCUT2D eigenvalue weighted by Crippen LogP contribution is -2.61. The average Bonchev–Trinajstić information content (AvgIpc) is 0.688. The smallest absolute Gasteiger partial charge is 0.252 e. The van der Waals surface area contributed by atoms with E-state index in [1.165, 1.54) is 38.6 Å². The quantitative estimate of drug-likeness (QED) is 0.0893. The molecule has 3 nitrogen and oxygen atoms in total. The van der Waals surface area contributed by atoms with Crippen LogP contribution in [-0.4, -0.2) is 6.71 Å². The van der Waals surface area contributed by atoms with E-state index in [-0.39, 0.29) is 6.71 Å². The van der Waals surface area contributed by atoms with Gasteiger partial charge in [-0.25, -0.2) is 0 Å². The normalized spacial score (nSPS) is 12.6. The molecule has 0 atom stereocenters. The highest BCUT2D eigenvalue weighted by Gasteiger charge is 2.49. The minimum absolute atomic E-state index is 0.348. The first-order valence-corrected chi connectivity index (χ1v) is 43.3. The Morgan fingerprint density at radius 3 is 0.792 bits per heavy atom. The van der Waals surface area contributed by atoms with Gasteiger partial charge in [0.15, 0.2) is 0 Å². The first-order chi connectivity index (χ1) is 62.0. The second-order valence-electron chi connectivity index (χ2n) is 32.9. The molecule has 0 radical (unpaired) electrons. The van der Waals surface area contributed by atoms with Crippen molar-refractivity contribution in [3.8, 4) is 122 Å². The summed E-state index contributed by atoms with van der Waals surface area (Å²) >= 11 is 0. The van der Waals surface area contributed by atoms with Gasteiger partial charge in [-0.2, -0.15) is 0 Å². The lowest BCUT2D eigenvalue weighted by molar-refractivity contribution is 0.731. The van der Waals surface area contributed by atoms with E-state index in [9.17, 15) is 0 Å². The summed E-state index contributed by atoms with van der Waals surface area (Å²) in [6.07, 6.45) is 0. The van der Waals surface area contributed by atoms with Crippen LogP contribution in [0.5, 0.6) is 0 Å². The Hall–Kier alpha value is -16.1. The molecule has 0 bridgehead atoms. The second-order valence-corrected chi connectivity index (χ2v) is 32.9. The van der Waals surface area contributed by atoms with Crippen LogP contribution >= 0.6 is 0 Å². The van der Waals surface area contributed by atoms with Gasteiger partial charge in [-0.15, -0.1) is 0 Å². The summed E-state index contributed by atoms with van der Waals surface area (Å²) in [6.45, 7) is -0.348. The van der Waals surface area contributed by atoms with Crippen LogP contribution in [0.4, 0.5) is 51.2 Å². The van der Waals surface area contributed by atoms with Gasteiger partial charge in [0.2, 0.25) is 0 Å². The van der Waals surface area contributed by atoms with Crippen molar-refractivity contribution in [3.63, 3.8) is 0 Å². The van der Waals surface area contributed by atoms with Gasteiger partial charge in [-0.05, 0) is 218 Å². The fraction of sp³-hybridized carbons (Fsp3) is 0.00826. The van der Waals surface area contributed by atoms with Crippen molar-refractivity contribution in [1.82, 2.24) is 0 Å². The highest BCUT2D eigenvalue weighted by atomic mass is 15.2. The Kier molecular flexibility index (Phi) is 18.6. The van der Waals surface area contributed by atoms with Gasteiger partial charge in [0.25, 0.3) is 6.71 Å². The topological polar surface area (TPSA) is 9.72 Å². The number of para-hydroxylation sites is 4. The molecular formula is C121H82BN3. The van der Waals surface area contributed by atoms with E-state index >= 15 is 0 Å². The molecule has 23 rings (SSSR count). The molecule has 0 spiro atoms. The summed E-state index contributed by atoms with van der Waals surface area (Å²) in [5.74, 6) is 0. The Morgan fingerprint density at radius 2 is 0.432 bits per heavy atom. The van der Waals surface area contributed by atoms with Crippen molar-refractivity contribution >= 4 is 74.3 Å². The molecule has 20 aromatic rings. The summed E-state index contributed by atoms with van der Waals surface area (Å²) < 4.78 is 0. The van der Waals surface area contributed by atoms with Crippen molar-refractivity contribution in [2.24, 2.45) is 0 Å². The third-order valence-corrected chi connectivity index (χ3v) is 25.9. The SMILES string of the molecule is c1ccc(-c2cccc(-c3cccc(-c4cccc(-c5ccccc5)c4)c3N3c4ccc(-c5ccccc5)cc4B4c5cc(-c6ccccc6)ccc5N(c5c(-c6cccc(-c7ccccc7)c6)cccc5-c5cccc(-c6ccccc6)c5)c5cc(-c6ccc7c(c6)C(c6ccccc6)(c6ccccc6)c6ccccc6N7c6ccccc6)cc3c54)c2)cc1. The van der Waals surface area contributed by atoms with E-state index in [1.54, 1.807) is 0 Å². The molecule has 3 heterocycles. The van der Waals surface area contributed by atoms with Crippen LogP contribution in [0.2, 0.25) is 0 Å². The zero-order valence-electron chi connectivity index (χ0n) is 68.8. The monoisotopic (exact) mass is 1590 g/mol. The fourth-order valence-electron chi connectivity index (χ4n) is 20.3. The third-order valence-electron chi connectivity index (χ3n) is 25.9. The molecule has 125 heavy (non-hydrogen) atoms. The van der Waals surface area contributed by atoms with Gasteiger partial charge < -0.3 is 14.7 Å². The van der Waals surface area contributed by atoms with Gasteiger partial charge in [0.1, 0.15) is 0 Å². The van der Waals surface area contributed by atoms with Crippen molar-refractivity contribution in [2.75, 3.05) is 14.7 Å². The molecular weight excluding hydrogens is 1510 g/mol. The largest absolute Gasteiger partial charge is 0.310 e. The summed E-state index contributed by atoms with van der Waals surface area (Å²) in [5.41, 5.74) is 41.8. The lowest BCUT2D eigenvalue weighted by Gasteiger charge is -2.47. The van der Waals surface area contributed by atoms with E-state index in [2.05, 4.69) is 512 Å². The Balaban J connectivity index is 0.894. The number of fused-ring (bicyclic) bond motifs is 6. The molecule has 0 aliphatic carbocycles. The van der Waals surface area contributed by atoms with Gasteiger partial charge >= 0.3 is 0 Å². The highest BCUT2D eigenvalue weighted by Crippen LogP contribution is 2.60.